The zero-order chi connectivity index (χ0) is 12.3. The second-order valence-corrected chi connectivity index (χ2v) is 4.52. The van der Waals surface area contributed by atoms with E-state index in [2.05, 4.69) is 11.4 Å². The van der Waals surface area contributed by atoms with Crippen LogP contribution in [-0.4, -0.2) is 17.6 Å². The number of hydrogen-bond donors (Lipinski definition) is 3. The monoisotopic (exact) mass is 234 g/mol. The average molecular weight is 234 g/mol. The topological polar surface area (TPSA) is 75.4 Å². The van der Waals surface area contributed by atoms with Crippen molar-refractivity contribution in [2.45, 2.75) is 25.4 Å². The maximum Gasteiger partial charge on any atom is 0.306 e. The number of aliphatic carboxylic acids is 1. The summed E-state index contributed by atoms with van der Waals surface area (Å²) in [6, 6.07) is 8.18. The number of rotatable bonds is 3. The molecule has 0 amide bonds. The number of nitrogens with one attached hydrogen (secondary N) is 1. The smallest absolute Gasteiger partial charge is 0.306 e. The highest BCUT2D eigenvalue weighted by molar-refractivity contribution is 5.70. The molecule has 2 rings (SSSR count). The van der Waals surface area contributed by atoms with Gasteiger partial charge in [0.05, 0.1) is 5.92 Å². The standard InChI is InChI=1S/C13H18N2O2/c14-8-9-2-1-3-10(6-9)12-7-11(13(16)17)4-5-15-12/h1-3,6,11-12,15H,4-5,7-8,14H2,(H,16,17). The average Bonchev–Trinajstić information content (AvgIpc) is 2.39. The minimum Gasteiger partial charge on any atom is -0.481 e. The Morgan fingerprint density at radius 1 is 1.53 bits per heavy atom. The third-order valence-electron chi connectivity index (χ3n) is 3.34. The Morgan fingerprint density at radius 3 is 3.06 bits per heavy atom. The van der Waals surface area contributed by atoms with Crippen LogP contribution < -0.4 is 11.1 Å². The van der Waals surface area contributed by atoms with Gasteiger partial charge in [-0.2, -0.15) is 0 Å². The number of hydrogen-bond acceptors (Lipinski definition) is 3. The predicted molar refractivity (Wildman–Crippen MR) is 65.4 cm³/mol. The number of nitrogens with two attached hydrogens (primary N) is 1. The van der Waals surface area contributed by atoms with Crippen LogP contribution in [-0.2, 0) is 11.3 Å². The van der Waals surface area contributed by atoms with Crippen LogP contribution in [0.2, 0.25) is 0 Å². The molecule has 2 atom stereocenters. The van der Waals surface area contributed by atoms with Crippen LogP contribution in [0.25, 0.3) is 0 Å². The van der Waals surface area contributed by atoms with Crippen molar-refractivity contribution in [3.05, 3.63) is 35.4 Å². The van der Waals surface area contributed by atoms with E-state index in [9.17, 15) is 4.79 Å². The van der Waals surface area contributed by atoms with Crippen LogP contribution >= 0.6 is 0 Å². The maximum atomic E-state index is 11.0. The molecule has 1 saturated heterocycles. The Balaban J connectivity index is 2.13. The molecule has 1 fully saturated rings. The first-order valence-corrected chi connectivity index (χ1v) is 5.96. The molecule has 4 heteroatoms. The van der Waals surface area contributed by atoms with E-state index in [1.807, 2.05) is 18.2 Å². The fourth-order valence-corrected chi connectivity index (χ4v) is 2.33. The predicted octanol–water partition coefficient (Wildman–Crippen LogP) is 1.27. The van der Waals surface area contributed by atoms with Gasteiger partial charge in [-0.15, -0.1) is 0 Å². The van der Waals surface area contributed by atoms with Gasteiger partial charge in [-0.05, 0) is 30.5 Å². The second-order valence-electron chi connectivity index (χ2n) is 4.52. The zero-order valence-corrected chi connectivity index (χ0v) is 9.73. The summed E-state index contributed by atoms with van der Waals surface area (Å²) in [5.41, 5.74) is 7.83. The molecule has 0 radical (unpaired) electrons. The van der Waals surface area contributed by atoms with Gasteiger partial charge in [0, 0.05) is 12.6 Å². The number of benzene rings is 1. The lowest BCUT2D eigenvalue weighted by molar-refractivity contribution is -0.143. The fraction of sp³-hybridized carbons (Fsp3) is 0.462. The lowest BCUT2D eigenvalue weighted by atomic mass is 9.88. The van der Waals surface area contributed by atoms with Crippen LogP contribution in [0.5, 0.6) is 0 Å². The molecule has 1 heterocycles. The van der Waals surface area contributed by atoms with E-state index in [-0.39, 0.29) is 12.0 Å². The van der Waals surface area contributed by atoms with Gasteiger partial charge in [0.25, 0.3) is 0 Å². The molecule has 1 aliphatic heterocycles. The van der Waals surface area contributed by atoms with Gasteiger partial charge in [-0.3, -0.25) is 4.79 Å². The molecular weight excluding hydrogens is 216 g/mol. The number of carboxylic acid groups (broad SMARTS) is 1. The van der Waals surface area contributed by atoms with E-state index < -0.39 is 5.97 Å². The minimum atomic E-state index is -0.688. The van der Waals surface area contributed by atoms with Crippen LogP contribution in [0.1, 0.15) is 30.0 Å². The van der Waals surface area contributed by atoms with Gasteiger partial charge in [0.1, 0.15) is 0 Å². The van der Waals surface area contributed by atoms with Crippen LogP contribution in [0, 0.1) is 5.92 Å². The van der Waals surface area contributed by atoms with E-state index in [4.69, 9.17) is 10.8 Å². The van der Waals surface area contributed by atoms with E-state index in [1.54, 1.807) is 0 Å². The molecule has 1 aromatic carbocycles. The molecule has 1 aliphatic rings. The van der Waals surface area contributed by atoms with Crippen molar-refractivity contribution in [1.29, 1.82) is 0 Å². The Labute approximate surface area is 101 Å². The highest BCUT2D eigenvalue weighted by Crippen LogP contribution is 2.27. The summed E-state index contributed by atoms with van der Waals surface area (Å²) in [6.45, 7) is 1.28. The molecule has 2 unspecified atom stereocenters. The molecule has 4 nitrogen and oxygen atoms in total. The van der Waals surface area contributed by atoms with Gasteiger partial charge >= 0.3 is 5.97 Å². The van der Waals surface area contributed by atoms with Crippen molar-refractivity contribution in [3.8, 4) is 0 Å². The van der Waals surface area contributed by atoms with Gasteiger partial charge in [0.2, 0.25) is 0 Å². The largest absolute Gasteiger partial charge is 0.481 e. The molecule has 0 aromatic heterocycles. The Kier molecular flexibility index (Phi) is 3.76. The molecule has 4 N–H and O–H groups in total. The van der Waals surface area contributed by atoms with Crippen LogP contribution in [0.4, 0.5) is 0 Å². The van der Waals surface area contributed by atoms with E-state index in [1.165, 1.54) is 0 Å². The molecule has 0 spiro atoms. The van der Waals surface area contributed by atoms with E-state index in [0.29, 0.717) is 19.4 Å². The van der Waals surface area contributed by atoms with Crippen LogP contribution in [0.15, 0.2) is 24.3 Å². The summed E-state index contributed by atoms with van der Waals surface area (Å²) in [7, 11) is 0. The molecule has 1 aromatic rings. The highest BCUT2D eigenvalue weighted by Gasteiger charge is 2.27. The lowest BCUT2D eigenvalue weighted by Gasteiger charge is -2.28. The second kappa shape index (κ2) is 5.29. The van der Waals surface area contributed by atoms with Crippen molar-refractivity contribution in [2.24, 2.45) is 11.7 Å². The third-order valence-corrected chi connectivity index (χ3v) is 3.34. The quantitative estimate of drug-likeness (QED) is 0.736. The number of piperidine rings is 1. The fourth-order valence-electron chi connectivity index (χ4n) is 2.33. The third kappa shape index (κ3) is 2.84. The van der Waals surface area contributed by atoms with Crippen molar-refractivity contribution < 1.29 is 9.90 Å². The summed E-state index contributed by atoms with van der Waals surface area (Å²) in [5.74, 6) is -0.922. The van der Waals surface area contributed by atoms with Crippen molar-refractivity contribution in [1.82, 2.24) is 5.32 Å². The van der Waals surface area contributed by atoms with Crippen LogP contribution in [0.3, 0.4) is 0 Å². The summed E-state index contributed by atoms with van der Waals surface area (Å²) >= 11 is 0. The van der Waals surface area contributed by atoms with Gasteiger partial charge < -0.3 is 16.2 Å². The number of carboxylic acids is 1. The number of carbonyl (C=O) groups is 1. The SMILES string of the molecule is NCc1cccc(C2CC(C(=O)O)CCN2)c1. The van der Waals surface area contributed by atoms with Gasteiger partial charge in [0.15, 0.2) is 0 Å². The highest BCUT2D eigenvalue weighted by atomic mass is 16.4. The zero-order valence-electron chi connectivity index (χ0n) is 9.73. The first-order valence-electron chi connectivity index (χ1n) is 5.96. The molecule has 0 bridgehead atoms. The molecule has 17 heavy (non-hydrogen) atoms. The van der Waals surface area contributed by atoms with Gasteiger partial charge in [-0.1, -0.05) is 24.3 Å². The van der Waals surface area contributed by atoms with E-state index in [0.717, 1.165) is 17.7 Å². The first kappa shape index (κ1) is 12.1. The summed E-state index contributed by atoms with van der Waals surface area (Å²) in [6.07, 6.45) is 1.37. The molecule has 0 saturated carbocycles. The van der Waals surface area contributed by atoms with Crippen molar-refractivity contribution in [2.75, 3.05) is 6.54 Å². The summed E-state index contributed by atoms with van der Waals surface area (Å²) in [4.78, 5) is 11.0. The van der Waals surface area contributed by atoms with Crippen molar-refractivity contribution in [3.63, 3.8) is 0 Å². The Hall–Kier alpha value is -1.39. The minimum absolute atomic E-state index is 0.136. The molecule has 0 aliphatic carbocycles. The summed E-state index contributed by atoms with van der Waals surface area (Å²) in [5, 5.41) is 12.4. The summed E-state index contributed by atoms with van der Waals surface area (Å²) < 4.78 is 0. The van der Waals surface area contributed by atoms with Crippen molar-refractivity contribution >= 4 is 5.97 Å². The van der Waals surface area contributed by atoms with E-state index >= 15 is 0 Å². The maximum absolute atomic E-state index is 11.0. The molecular formula is C13H18N2O2. The normalized spacial score (nSPS) is 24.5. The van der Waals surface area contributed by atoms with Gasteiger partial charge in [-0.25, -0.2) is 0 Å². The Bertz CT molecular complexity index is 406. The molecule has 92 valence electrons. The Morgan fingerprint density at radius 2 is 2.35 bits per heavy atom. The first-order chi connectivity index (χ1) is 8.20. The lowest BCUT2D eigenvalue weighted by Crippen LogP contribution is -2.34.